The van der Waals surface area contributed by atoms with Crippen molar-refractivity contribution in [2.75, 3.05) is 32.6 Å². The van der Waals surface area contributed by atoms with E-state index in [1.165, 1.54) is 25.9 Å². The maximum Gasteiger partial charge on any atom is 0.0622 e. The lowest BCUT2D eigenvalue weighted by Crippen LogP contribution is -2.33. The average molecular weight is 187 g/mol. The Morgan fingerprint density at radius 1 is 1.42 bits per heavy atom. The van der Waals surface area contributed by atoms with Gasteiger partial charge in [0, 0.05) is 24.4 Å². The Morgan fingerprint density at radius 2 is 2.33 bits per heavy atom. The summed E-state index contributed by atoms with van der Waals surface area (Å²) >= 11 is 2.01. The van der Waals surface area contributed by atoms with Gasteiger partial charge in [0.1, 0.15) is 0 Å². The number of thioether (sulfide) groups is 1. The average Bonchev–Trinajstić information content (AvgIpc) is 2.75. The molecule has 70 valence electrons. The van der Waals surface area contributed by atoms with Gasteiger partial charge < -0.3 is 4.74 Å². The predicted molar refractivity (Wildman–Crippen MR) is 52.7 cm³/mol. The quantitative estimate of drug-likeness (QED) is 0.645. The lowest BCUT2D eigenvalue weighted by Gasteiger charge is -2.21. The second-order valence-corrected chi connectivity index (χ2v) is 4.80. The Kier molecular flexibility index (Phi) is 2.94. The summed E-state index contributed by atoms with van der Waals surface area (Å²) in [6, 6.07) is 0.738. The molecule has 0 aromatic rings. The monoisotopic (exact) mass is 187 g/mol. The fourth-order valence-electron chi connectivity index (χ4n) is 2.09. The highest BCUT2D eigenvalue weighted by atomic mass is 32.2. The van der Waals surface area contributed by atoms with E-state index in [9.17, 15) is 0 Å². The van der Waals surface area contributed by atoms with E-state index in [-0.39, 0.29) is 0 Å². The maximum atomic E-state index is 5.39. The first-order valence-corrected chi connectivity index (χ1v) is 6.03. The van der Waals surface area contributed by atoms with Gasteiger partial charge in [0.15, 0.2) is 0 Å². The molecule has 0 N–H and O–H groups in total. The molecule has 0 saturated carbocycles. The zero-order valence-corrected chi connectivity index (χ0v) is 8.48. The lowest BCUT2D eigenvalue weighted by molar-refractivity contribution is 0.159. The molecule has 12 heavy (non-hydrogen) atoms. The van der Waals surface area contributed by atoms with Crippen LogP contribution in [-0.4, -0.2) is 48.8 Å². The largest absolute Gasteiger partial charge is 0.380 e. The minimum absolute atomic E-state index is 0.738. The van der Waals surface area contributed by atoms with E-state index < -0.39 is 0 Å². The first-order chi connectivity index (χ1) is 5.90. The van der Waals surface area contributed by atoms with Gasteiger partial charge in [-0.15, -0.1) is 0 Å². The number of hydrogen-bond acceptors (Lipinski definition) is 3. The molecule has 0 bridgehead atoms. The smallest absolute Gasteiger partial charge is 0.0622 e. The summed E-state index contributed by atoms with van der Waals surface area (Å²) in [6.07, 6.45) is 4.85. The van der Waals surface area contributed by atoms with Crippen LogP contribution in [0, 0.1) is 0 Å². The van der Waals surface area contributed by atoms with E-state index in [2.05, 4.69) is 11.2 Å². The van der Waals surface area contributed by atoms with E-state index in [0.29, 0.717) is 0 Å². The van der Waals surface area contributed by atoms with Crippen molar-refractivity contribution >= 4 is 11.8 Å². The first kappa shape index (κ1) is 8.85. The summed E-state index contributed by atoms with van der Waals surface area (Å²) < 4.78 is 5.39. The molecule has 0 unspecified atom stereocenters. The lowest BCUT2D eigenvalue weighted by atomic mass is 10.2. The van der Waals surface area contributed by atoms with E-state index in [1.807, 2.05) is 11.8 Å². The van der Waals surface area contributed by atoms with E-state index >= 15 is 0 Å². The molecule has 0 aliphatic carbocycles. The standard InChI is InChI=1S/C9H17NOS/c1-12-9-2-4-10(6-9)8-3-5-11-7-8/h8-9H,2-7H2,1H3/t8-,9-/m0/s1. The Morgan fingerprint density at radius 3 is 2.92 bits per heavy atom. The second-order valence-electron chi connectivity index (χ2n) is 3.66. The van der Waals surface area contributed by atoms with E-state index in [1.54, 1.807) is 0 Å². The topological polar surface area (TPSA) is 12.5 Å². The molecule has 2 fully saturated rings. The Hall–Kier alpha value is 0.270. The molecular weight excluding hydrogens is 170 g/mol. The molecule has 2 nitrogen and oxygen atoms in total. The van der Waals surface area contributed by atoms with Crippen LogP contribution in [0.1, 0.15) is 12.8 Å². The van der Waals surface area contributed by atoms with Crippen molar-refractivity contribution in [1.82, 2.24) is 4.90 Å². The number of likely N-dealkylation sites (tertiary alicyclic amines) is 1. The van der Waals surface area contributed by atoms with Crippen LogP contribution in [0.2, 0.25) is 0 Å². The third kappa shape index (κ3) is 1.78. The van der Waals surface area contributed by atoms with Crippen LogP contribution in [0.4, 0.5) is 0 Å². The van der Waals surface area contributed by atoms with Crippen molar-refractivity contribution in [1.29, 1.82) is 0 Å². The SMILES string of the molecule is CS[C@H]1CCN([C@H]2CCOC2)C1. The summed E-state index contributed by atoms with van der Waals surface area (Å²) in [7, 11) is 0. The predicted octanol–water partition coefficient (Wildman–Crippen LogP) is 1.21. The zero-order chi connectivity index (χ0) is 8.39. The van der Waals surface area contributed by atoms with Crippen molar-refractivity contribution in [3.63, 3.8) is 0 Å². The van der Waals surface area contributed by atoms with Gasteiger partial charge in [0.2, 0.25) is 0 Å². The molecule has 0 aromatic carbocycles. The normalized spacial score (nSPS) is 37.8. The number of hydrogen-bond donors (Lipinski definition) is 0. The molecule has 0 amide bonds. The van der Waals surface area contributed by atoms with Gasteiger partial charge in [-0.05, 0) is 25.6 Å². The minimum Gasteiger partial charge on any atom is -0.380 e. The van der Waals surface area contributed by atoms with Crippen LogP contribution in [0.15, 0.2) is 0 Å². The van der Waals surface area contributed by atoms with E-state index in [4.69, 9.17) is 4.74 Å². The van der Waals surface area contributed by atoms with Crippen LogP contribution in [0.3, 0.4) is 0 Å². The molecule has 2 saturated heterocycles. The van der Waals surface area contributed by atoms with Gasteiger partial charge in [0.25, 0.3) is 0 Å². The van der Waals surface area contributed by atoms with Crippen LogP contribution >= 0.6 is 11.8 Å². The van der Waals surface area contributed by atoms with Gasteiger partial charge in [-0.1, -0.05) is 0 Å². The fourth-order valence-corrected chi connectivity index (χ4v) is 2.77. The molecular formula is C9H17NOS. The molecule has 0 radical (unpaired) electrons. The van der Waals surface area contributed by atoms with Gasteiger partial charge in [0.05, 0.1) is 6.61 Å². The molecule has 2 rings (SSSR count). The van der Waals surface area contributed by atoms with Crippen LogP contribution < -0.4 is 0 Å². The molecule has 2 aliphatic heterocycles. The summed E-state index contributed by atoms with van der Waals surface area (Å²) in [5.41, 5.74) is 0. The van der Waals surface area contributed by atoms with Crippen molar-refractivity contribution in [3.05, 3.63) is 0 Å². The highest BCUT2D eigenvalue weighted by molar-refractivity contribution is 7.99. The second kappa shape index (κ2) is 3.99. The molecule has 2 aliphatic rings. The van der Waals surface area contributed by atoms with Crippen LogP contribution in [-0.2, 0) is 4.74 Å². The number of nitrogens with zero attached hydrogens (tertiary/aromatic N) is 1. The summed E-state index contributed by atoms with van der Waals surface area (Å²) in [4.78, 5) is 2.61. The van der Waals surface area contributed by atoms with Crippen LogP contribution in [0.25, 0.3) is 0 Å². The third-order valence-electron chi connectivity index (χ3n) is 2.93. The Balaban J connectivity index is 1.81. The fraction of sp³-hybridized carbons (Fsp3) is 1.00. The number of ether oxygens (including phenoxy) is 1. The van der Waals surface area contributed by atoms with Crippen molar-refractivity contribution in [2.45, 2.75) is 24.1 Å². The van der Waals surface area contributed by atoms with Crippen molar-refractivity contribution in [2.24, 2.45) is 0 Å². The van der Waals surface area contributed by atoms with Crippen molar-refractivity contribution < 1.29 is 4.74 Å². The zero-order valence-electron chi connectivity index (χ0n) is 7.66. The summed E-state index contributed by atoms with van der Waals surface area (Å²) in [5.74, 6) is 0. The summed E-state index contributed by atoms with van der Waals surface area (Å²) in [6.45, 7) is 4.53. The highest BCUT2D eigenvalue weighted by Crippen LogP contribution is 2.24. The van der Waals surface area contributed by atoms with Crippen LogP contribution in [0.5, 0.6) is 0 Å². The Bertz CT molecular complexity index is 147. The molecule has 2 atom stereocenters. The highest BCUT2D eigenvalue weighted by Gasteiger charge is 2.29. The minimum atomic E-state index is 0.738. The van der Waals surface area contributed by atoms with Gasteiger partial charge in [-0.2, -0.15) is 11.8 Å². The molecule has 0 aromatic heterocycles. The van der Waals surface area contributed by atoms with Gasteiger partial charge >= 0.3 is 0 Å². The Labute approximate surface area is 78.6 Å². The number of rotatable bonds is 2. The summed E-state index contributed by atoms with van der Waals surface area (Å²) in [5, 5.41) is 0.880. The molecule has 3 heteroatoms. The third-order valence-corrected chi connectivity index (χ3v) is 3.98. The van der Waals surface area contributed by atoms with Crippen molar-refractivity contribution in [3.8, 4) is 0 Å². The van der Waals surface area contributed by atoms with Gasteiger partial charge in [-0.25, -0.2) is 0 Å². The molecule has 2 heterocycles. The van der Waals surface area contributed by atoms with E-state index in [0.717, 1.165) is 24.5 Å². The first-order valence-electron chi connectivity index (χ1n) is 4.74. The molecule has 0 spiro atoms. The maximum absolute atomic E-state index is 5.39. The van der Waals surface area contributed by atoms with Gasteiger partial charge in [-0.3, -0.25) is 4.90 Å².